The molecule has 23 heavy (non-hydrogen) atoms. The Balaban J connectivity index is 2.50. The second-order valence-corrected chi connectivity index (χ2v) is 6.14. The number of carbonyl (C=O) groups is 2. The van der Waals surface area contributed by atoms with Crippen LogP contribution >= 0.6 is 11.3 Å². The van der Waals surface area contributed by atoms with Crippen molar-refractivity contribution in [2.45, 2.75) is 19.8 Å². The first kappa shape index (κ1) is 16.9. The summed E-state index contributed by atoms with van der Waals surface area (Å²) in [5, 5.41) is 2.54. The van der Waals surface area contributed by atoms with Crippen molar-refractivity contribution in [1.29, 1.82) is 0 Å². The van der Waals surface area contributed by atoms with Crippen molar-refractivity contribution in [3.63, 3.8) is 0 Å². The number of rotatable bonds is 4. The fourth-order valence-electron chi connectivity index (χ4n) is 1.95. The van der Waals surface area contributed by atoms with E-state index in [-0.39, 0.29) is 12.5 Å². The van der Waals surface area contributed by atoms with Gasteiger partial charge in [0.2, 0.25) is 5.13 Å². The Morgan fingerprint density at radius 1 is 1.22 bits per heavy atom. The molecule has 8 heteroatoms. The molecule has 2 rings (SSSR count). The molecule has 0 bridgehead atoms. The Morgan fingerprint density at radius 2 is 1.87 bits per heavy atom. The summed E-state index contributed by atoms with van der Waals surface area (Å²) in [4.78, 5) is 29.5. The van der Waals surface area contributed by atoms with Crippen molar-refractivity contribution in [2.75, 3.05) is 16.6 Å². The van der Waals surface area contributed by atoms with Crippen molar-refractivity contribution in [2.24, 2.45) is 11.5 Å². The van der Waals surface area contributed by atoms with Crippen LogP contribution in [-0.4, -0.2) is 23.5 Å². The molecule has 3 amide bonds. The number of amides is 3. The van der Waals surface area contributed by atoms with Crippen LogP contribution < -0.4 is 21.5 Å². The summed E-state index contributed by atoms with van der Waals surface area (Å²) in [5.41, 5.74) is 11.5. The highest BCUT2D eigenvalue weighted by Gasteiger charge is 2.29. The zero-order valence-corrected chi connectivity index (χ0v) is 13.8. The van der Waals surface area contributed by atoms with Crippen LogP contribution in [0.2, 0.25) is 0 Å². The molecule has 7 nitrogen and oxygen atoms in total. The lowest BCUT2D eigenvalue weighted by atomic mass is 10.2. The lowest BCUT2D eigenvalue weighted by Gasteiger charge is -2.31. The number of carbonyl (C=O) groups excluding carboxylic acids is 2. The van der Waals surface area contributed by atoms with E-state index in [1.54, 1.807) is 30.5 Å². The number of nitrogens with zero attached hydrogens (tertiary/aromatic N) is 3. The zero-order valence-electron chi connectivity index (χ0n) is 13.0. The molecule has 0 saturated heterocycles. The van der Waals surface area contributed by atoms with Crippen LogP contribution in [0.25, 0.3) is 0 Å². The average molecular weight is 333 g/mol. The molecule has 1 aromatic heterocycles. The van der Waals surface area contributed by atoms with Crippen molar-refractivity contribution in [3.8, 4) is 0 Å². The monoisotopic (exact) mass is 333 g/mol. The van der Waals surface area contributed by atoms with Gasteiger partial charge < -0.3 is 11.5 Å². The number of anilines is 2. The van der Waals surface area contributed by atoms with Gasteiger partial charge in [-0.25, -0.2) is 14.8 Å². The van der Waals surface area contributed by atoms with E-state index in [1.807, 2.05) is 19.9 Å². The standard InChI is InChI=1S/C15H19N5O2S/c1-10(2)12-9-18-15(23-12)20(14(17)22)19(13(21)8-16)11-6-4-3-5-7-11/h3-7,9-10H,8,16H2,1-2H3,(H2,17,22). The largest absolute Gasteiger partial charge is 0.350 e. The number of primary amides is 1. The van der Waals surface area contributed by atoms with E-state index < -0.39 is 11.9 Å². The van der Waals surface area contributed by atoms with E-state index in [0.29, 0.717) is 10.8 Å². The molecule has 0 aliphatic rings. The highest BCUT2D eigenvalue weighted by atomic mass is 32.1. The number of para-hydroxylation sites is 1. The number of hydrazine groups is 1. The predicted molar refractivity (Wildman–Crippen MR) is 91.2 cm³/mol. The quantitative estimate of drug-likeness (QED) is 0.835. The Labute approximate surface area is 138 Å². The zero-order chi connectivity index (χ0) is 17.0. The van der Waals surface area contributed by atoms with Gasteiger partial charge in [-0.1, -0.05) is 43.4 Å². The van der Waals surface area contributed by atoms with Crippen molar-refractivity contribution >= 4 is 34.1 Å². The molecule has 122 valence electrons. The number of aromatic nitrogens is 1. The number of benzene rings is 1. The van der Waals surface area contributed by atoms with Crippen LogP contribution in [0, 0.1) is 0 Å². The number of thiazole rings is 1. The number of urea groups is 1. The number of hydrogen-bond donors (Lipinski definition) is 2. The van der Waals surface area contributed by atoms with Gasteiger partial charge in [-0.15, -0.1) is 0 Å². The first-order valence-corrected chi connectivity index (χ1v) is 7.90. The van der Waals surface area contributed by atoms with Gasteiger partial charge >= 0.3 is 6.03 Å². The SMILES string of the molecule is CC(C)c1cnc(N(C(N)=O)N(C(=O)CN)c2ccccc2)s1. The fraction of sp³-hybridized carbons (Fsp3) is 0.267. The normalized spacial score (nSPS) is 10.6. The number of hydrogen-bond acceptors (Lipinski definition) is 5. The molecule has 2 aromatic rings. The number of nitrogens with two attached hydrogens (primary N) is 2. The second-order valence-electron chi connectivity index (χ2n) is 5.10. The van der Waals surface area contributed by atoms with Gasteiger partial charge in [0.05, 0.1) is 12.2 Å². The minimum absolute atomic E-state index is 0.256. The van der Waals surface area contributed by atoms with Crippen molar-refractivity contribution < 1.29 is 9.59 Å². The summed E-state index contributed by atoms with van der Waals surface area (Å²) in [5.74, 6) is -0.206. The van der Waals surface area contributed by atoms with E-state index in [4.69, 9.17) is 11.5 Å². The van der Waals surface area contributed by atoms with Gasteiger partial charge in [-0.05, 0) is 18.1 Å². The molecule has 1 heterocycles. The van der Waals surface area contributed by atoms with Crippen LogP contribution in [0.1, 0.15) is 24.6 Å². The van der Waals surface area contributed by atoms with E-state index in [0.717, 1.165) is 14.9 Å². The smallest absolute Gasteiger partial charge is 0.340 e. The predicted octanol–water partition coefficient (Wildman–Crippen LogP) is 2.06. The Kier molecular flexibility index (Phi) is 5.30. The second kappa shape index (κ2) is 7.21. The van der Waals surface area contributed by atoms with Gasteiger partial charge in [-0.3, -0.25) is 4.79 Å². The van der Waals surface area contributed by atoms with Crippen LogP contribution in [0.15, 0.2) is 36.5 Å². The first-order chi connectivity index (χ1) is 11.0. The van der Waals surface area contributed by atoms with Gasteiger partial charge in [0.25, 0.3) is 5.91 Å². The molecule has 0 radical (unpaired) electrons. The molecule has 0 atom stereocenters. The summed E-state index contributed by atoms with van der Waals surface area (Å²) < 4.78 is 0. The summed E-state index contributed by atoms with van der Waals surface area (Å²) in [6.07, 6.45) is 1.68. The maximum absolute atomic E-state index is 12.3. The van der Waals surface area contributed by atoms with Gasteiger partial charge in [-0.2, -0.15) is 5.01 Å². The highest BCUT2D eigenvalue weighted by Crippen LogP contribution is 2.30. The lowest BCUT2D eigenvalue weighted by Crippen LogP contribution is -2.54. The molecular weight excluding hydrogens is 314 g/mol. The van der Waals surface area contributed by atoms with Crippen LogP contribution in [0.4, 0.5) is 15.6 Å². The Bertz CT molecular complexity index is 686. The maximum atomic E-state index is 12.3. The van der Waals surface area contributed by atoms with E-state index in [1.165, 1.54) is 11.3 Å². The highest BCUT2D eigenvalue weighted by molar-refractivity contribution is 7.15. The van der Waals surface area contributed by atoms with E-state index in [9.17, 15) is 9.59 Å². The summed E-state index contributed by atoms with van der Waals surface area (Å²) >= 11 is 1.31. The van der Waals surface area contributed by atoms with Crippen LogP contribution in [0.5, 0.6) is 0 Å². The molecule has 0 fully saturated rings. The average Bonchev–Trinajstić information content (AvgIpc) is 3.01. The van der Waals surface area contributed by atoms with E-state index in [2.05, 4.69) is 4.98 Å². The molecule has 0 spiro atoms. The summed E-state index contributed by atoms with van der Waals surface area (Å²) in [6, 6.07) is 7.91. The van der Waals surface area contributed by atoms with Crippen molar-refractivity contribution in [3.05, 3.63) is 41.4 Å². The molecule has 4 N–H and O–H groups in total. The molecule has 0 aliphatic heterocycles. The topological polar surface area (TPSA) is 106 Å². The minimum Gasteiger partial charge on any atom is -0.350 e. The summed E-state index contributed by atoms with van der Waals surface area (Å²) in [7, 11) is 0. The van der Waals surface area contributed by atoms with Crippen LogP contribution in [-0.2, 0) is 4.79 Å². The Morgan fingerprint density at radius 3 is 2.35 bits per heavy atom. The summed E-state index contributed by atoms with van der Waals surface area (Å²) in [6.45, 7) is 3.78. The molecule has 1 aromatic carbocycles. The van der Waals surface area contributed by atoms with Gasteiger partial charge in [0.1, 0.15) is 0 Å². The third-order valence-corrected chi connectivity index (χ3v) is 4.36. The Hall–Kier alpha value is -2.45. The molecule has 0 unspecified atom stereocenters. The first-order valence-electron chi connectivity index (χ1n) is 7.09. The fourth-order valence-corrected chi connectivity index (χ4v) is 2.86. The van der Waals surface area contributed by atoms with Gasteiger partial charge in [0, 0.05) is 11.1 Å². The van der Waals surface area contributed by atoms with E-state index >= 15 is 0 Å². The van der Waals surface area contributed by atoms with Crippen LogP contribution in [0.3, 0.4) is 0 Å². The third kappa shape index (κ3) is 3.66. The van der Waals surface area contributed by atoms with Crippen molar-refractivity contribution in [1.82, 2.24) is 4.98 Å². The van der Waals surface area contributed by atoms with Gasteiger partial charge in [0.15, 0.2) is 0 Å². The minimum atomic E-state index is -0.805. The molecule has 0 aliphatic carbocycles. The lowest BCUT2D eigenvalue weighted by molar-refractivity contribution is -0.117. The maximum Gasteiger partial charge on any atom is 0.340 e. The molecule has 0 saturated carbocycles. The third-order valence-electron chi connectivity index (χ3n) is 3.08. The molecular formula is C15H19N5O2S.